The molecule has 1 aliphatic heterocycles. The molecule has 0 aromatic heterocycles. The molecule has 2 rings (SSSR count). The maximum atomic E-state index is 3.43. The van der Waals surface area contributed by atoms with Crippen molar-refractivity contribution in [3.63, 3.8) is 0 Å². The molecule has 0 amide bonds. The van der Waals surface area contributed by atoms with Gasteiger partial charge in [-0.25, -0.2) is 0 Å². The fourth-order valence-corrected chi connectivity index (χ4v) is 2.29. The van der Waals surface area contributed by atoms with Crippen molar-refractivity contribution >= 4 is 0 Å². The van der Waals surface area contributed by atoms with Gasteiger partial charge in [0.15, 0.2) is 0 Å². The van der Waals surface area contributed by atoms with Crippen LogP contribution in [0.5, 0.6) is 0 Å². The second-order valence-electron chi connectivity index (χ2n) is 4.71. The summed E-state index contributed by atoms with van der Waals surface area (Å²) in [5.74, 6) is 0.979. The SMILES string of the molecule is CN(CCCC1CCNC1)C1CC1. The second-order valence-corrected chi connectivity index (χ2v) is 4.71. The Labute approximate surface area is 81.7 Å². The van der Waals surface area contributed by atoms with Crippen LogP contribution >= 0.6 is 0 Å². The lowest BCUT2D eigenvalue weighted by Crippen LogP contribution is -2.22. The Morgan fingerprint density at radius 1 is 1.31 bits per heavy atom. The average Bonchev–Trinajstić information content (AvgIpc) is 2.86. The van der Waals surface area contributed by atoms with Gasteiger partial charge in [-0.1, -0.05) is 0 Å². The molecular formula is C11H22N2. The molecule has 2 fully saturated rings. The zero-order chi connectivity index (χ0) is 9.10. The van der Waals surface area contributed by atoms with Crippen molar-refractivity contribution in [2.45, 2.75) is 38.1 Å². The third-order valence-corrected chi connectivity index (χ3v) is 3.46. The van der Waals surface area contributed by atoms with Crippen molar-refractivity contribution in [3.8, 4) is 0 Å². The van der Waals surface area contributed by atoms with Gasteiger partial charge in [0.25, 0.3) is 0 Å². The van der Waals surface area contributed by atoms with Crippen molar-refractivity contribution in [2.24, 2.45) is 5.92 Å². The topological polar surface area (TPSA) is 15.3 Å². The maximum absolute atomic E-state index is 3.43. The first kappa shape index (κ1) is 9.47. The number of rotatable bonds is 5. The van der Waals surface area contributed by atoms with Gasteiger partial charge >= 0.3 is 0 Å². The van der Waals surface area contributed by atoms with E-state index in [0.29, 0.717) is 0 Å². The quantitative estimate of drug-likeness (QED) is 0.692. The Hall–Kier alpha value is -0.0800. The van der Waals surface area contributed by atoms with Crippen molar-refractivity contribution in [1.29, 1.82) is 0 Å². The Bertz CT molecular complexity index is 146. The van der Waals surface area contributed by atoms with E-state index in [0.717, 1.165) is 12.0 Å². The molecule has 1 heterocycles. The Kier molecular flexibility index (Phi) is 3.23. The summed E-state index contributed by atoms with van der Waals surface area (Å²) in [6.07, 6.45) is 7.14. The van der Waals surface area contributed by atoms with Crippen LogP contribution in [-0.2, 0) is 0 Å². The molecule has 0 aromatic rings. The van der Waals surface area contributed by atoms with Crippen LogP contribution in [-0.4, -0.2) is 37.6 Å². The third-order valence-electron chi connectivity index (χ3n) is 3.46. The standard InChI is InChI=1S/C11H22N2/c1-13(11-4-5-11)8-2-3-10-6-7-12-9-10/h10-12H,2-9H2,1H3. The molecule has 1 saturated carbocycles. The first-order valence-corrected chi connectivity index (χ1v) is 5.77. The molecule has 0 spiro atoms. The van der Waals surface area contributed by atoms with Gasteiger partial charge < -0.3 is 10.2 Å². The minimum absolute atomic E-state index is 0.946. The fourth-order valence-electron chi connectivity index (χ4n) is 2.29. The number of hydrogen-bond acceptors (Lipinski definition) is 2. The smallest absolute Gasteiger partial charge is 0.00933 e. The van der Waals surface area contributed by atoms with Crippen LogP contribution in [0.3, 0.4) is 0 Å². The van der Waals surface area contributed by atoms with Crippen molar-refractivity contribution in [1.82, 2.24) is 10.2 Å². The largest absolute Gasteiger partial charge is 0.316 e. The zero-order valence-corrected chi connectivity index (χ0v) is 8.76. The third kappa shape index (κ3) is 2.96. The molecule has 1 N–H and O–H groups in total. The summed E-state index contributed by atoms with van der Waals surface area (Å²) in [4.78, 5) is 2.54. The lowest BCUT2D eigenvalue weighted by molar-refractivity contribution is 0.306. The van der Waals surface area contributed by atoms with Gasteiger partial charge in [0.1, 0.15) is 0 Å². The van der Waals surface area contributed by atoms with E-state index in [1.165, 1.54) is 51.7 Å². The second kappa shape index (κ2) is 4.43. The normalized spacial score (nSPS) is 28.6. The lowest BCUT2D eigenvalue weighted by atomic mass is 10.0. The first-order chi connectivity index (χ1) is 6.36. The van der Waals surface area contributed by atoms with Crippen LogP contribution in [0.4, 0.5) is 0 Å². The summed E-state index contributed by atoms with van der Waals surface area (Å²) in [6, 6.07) is 0.946. The van der Waals surface area contributed by atoms with Crippen molar-refractivity contribution < 1.29 is 0 Å². The molecule has 1 saturated heterocycles. The van der Waals surface area contributed by atoms with Crippen LogP contribution < -0.4 is 5.32 Å². The zero-order valence-electron chi connectivity index (χ0n) is 8.76. The van der Waals surface area contributed by atoms with Crippen molar-refractivity contribution in [3.05, 3.63) is 0 Å². The fraction of sp³-hybridized carbons (Fsp3) is 1.00. The molecule has 0 aromatic carbocycles. The van der Waals surface area contributed by atoms with Crippen LogP contribution in [0.25, 0.3) is 0 Å². The molecule has 76 valence electrons. The molecule has 2 aliphatic rings. The molecule has 2 heteroatoms. The highest BCUT2D eigenvalue weighted by Gasteiger charge is 2.25. The minimum Gasteiger partial charge on any atom is -0.316 e. The number of nitrogens with zero attached hydrogens (tertiary/aromatic N) is 1. The molecule has 2 nitrogen and oxygen atoms in total. The van der Waals surface area contributed by atoms with Gasteiger partial charge in [-0.15, -0.1) is 0 Å². The maximum Gasteiger partial charge on any atom is 0.00933 e. The summed E-state index contributed by atoms with van der Waals surface area (Å²) >= 11 is 0. The van der Waals surface area contributed by atoms with Gasteiger partial charge in [0.2, 0.25) is 0 Å². The van der Waals surface area contributed by atoms with Crippen LogP contribution in [0.1, 0.15) is 32.1 Å². The highest BCUT2D eigenvalue weighted by molar-refractivity contribution is 4.82. The highest BCUT2D eigenvalue weighted by atomic mass is 15.1. The molecule has 1 unspecified atom stereocenters. The number of nitrogens with one attached hydrogen (secondary N) is 1. The summed E-state index contributed by atoms with van der Waals surface area (Å²) < 4.78 is 0. The van der Waals surface area contributed by atoms with Crippen LogP contribution in [0.2, 0.25) is 0 Å². The summed E-state index contributed by atoms with van der Waals surface area (Å²) in [7, 11) is 2.28. The van der Waals surface area contributed by atoms with Crippen LogP contribution in [0.15, 0.2) is 0 Å². The molecule has 13 heavy (non-hydrogen) atoms. The Balaban J connectivity index is 1.52. The van der Waals surface area contributed by atoms with E-state index in [-0.39, 0.29) is 0 Å². The average molecular weight is 182 g/mol. The molecule has 0 radical (unpaired) electrons. The molecular weight excluding hydrogens is 160 g/mol. The summed E-state index contributed by atoms with van der Waals surface area (Å²) in [5, 5.41) is 3.43. The minimum atomic E-state index is 0.946. The van der Waals surface area contributed by atoms with Crippen LogP contribution in [0, 0.1) is 5.92 Å². The number of hydrogen-bond donors (Lipinski definition) is 1. The highest BCUT2D eigenvalue weighted by Crippen LogP contribution is 2.25. The van der Waals surface area contributed by atoms with Crippen molar-refractivity contribution in [2.75, 3.05) is 26.7 Å². The lowest BCUT2D eigenvalue weighted by Gasteiger charge is -2.16. The molecule has 1 atom stereocenters. The van der Waals surface area contributed by atoms with Gasteiger partial charge in [-0.3, -0.25) is 0 Å². The van der Waals surface area contributed by atoms with E-state index in [2.05, 4.69) is 17.3 Å². The van der Waals surface area contributed by atoms with E-state index in [9.17, 15) is 0 Å². The Morgan fingerprint density at radius 3 is 2.77 bits per heavy atom. The first-order valence-electron chi connectivity index (χ1n) is 5.77. The summed E-state index contributed by atoms with van der Waals surface area (Å²) in [6.45, 7) is 3.84. The van der Waals surface area contributed by atoms with E-state index < -0.39 is 0 Å². The van der Waals surface area contributed by atoms with Gasteiger partial charge in [-0.05, 0) is 64.7 Å². The predicted octanol–water partition coefficient (Wildman–Crippen LogP) is 1.47. The summed E-state index contributed by atoms with van der Waals surface area (Å²) in [5.41, 5.74) is 0. The van der Waals surface area contributed by atoms with Gasteiger partial charge in [-0.2, -0.15) is 0 Å². The van der Waals surface area contributed by atoms with Gasteiger partial charge in [0.05, 0.1) is 0 Å². The predicted molar refractivity (Wildman–Crippen MR) is 55.9 cm³/mol. The van der Waals surface area contributed by atoms with E-state index >= 15 is 0 Å². The Morgan fingerprint density at radius 2 is 2.15 bits per heavy atom. The van der Waals surface area contributed by atoms with E-state index in [1.807, 2.05) is 0 Å². The van der Waals surface area contributed by atoms with E-state index in [4.69, 9.17) is 0 Å². The molecule has 1 aliphatic carbocycles. The monoisotopic (exact) mass is 182 g/mol. The van der Waals surface area contributed by atoms with Gasteiger partial charge in [0, 0.05) is 6.04 Å². The molecule has 0 bridgehead atoms. The van der Waals surface area contributed by atoms with E-state index in [1.54, 1.807) is 0 Å².